The van der Waals surface area contributed by atoms with Gasteiger partial charge in [-0.25, -0.2) is 0 Å². The summed E-state index contributed by atoms with van der Waals surface area (Å²) in [5.41, 5.74) is 3.46. The number of hydrogen-bond donors (Lipinski definition) is 1. The van der Waals surface area contributed by atoms with Crippen molar-refractivity contribution in [1.82, 2.24) is 10.2 Å². The van der Waals surface area contributed by atoms with E-state index in [2.05, 4.69) is 36.2 Å². The third-order valence-corrected chi connectivity index (χ3v) is 5.90. The van der Waals surface area contributed by atoms with E-state index in [0.29, 0.717) is 35.8 Å². The Balaban J connectivity index is 1.65. The summed E-state index contributed by atoms with van der Waals surface area (Å²) in [7, 11) is 0. The van der Waals surface area contributed by atoms with E-state index in [1.165, 1.54) is 24.9 Å². The maximum atomic E-state index is 6.59. The van der Waals surface area contributed by atoms with Gasteiger partial charge in [-0.1, -0.05) is 42.8 Å². The number of likely N-dealkylation sites (N-methyl/N-ethyl adjacent to an activating group) is 1. The van der Waals surface area contributed by atoms with Crippen LogP contribution in [0.4, 0.5) is 0 Å². The highest BCUT2D eigenvalue weighted by Gasteiger charge is 2.22. The standard InChI is InChI=1S/C24H33ClN2O2/c1-4-27-12-8-11-21(27)16-26-15-19-13-22(25)24(23(14-19)28-5-2)29-17-20-10-7-6-9-18(20)3/h6-7,9-10,13-14,21,26H,4-5,8,11-12,15-17H2,1-3H3. The Bertz CT molecular complexity index is 796. The Morgan fingerprint density at radius 2 is 2.00 bits per heavy atom. The summed E-state index contributed by atoms with van der Waals surface area (Å²) in [5.74, 6) is 1.33. The zero-order valence-corrected chi connectivity index (χ0v) is 18.6. The first-order chi connectivity index (χ1) is 14.1. The maximum Gasteiger partial charge on any atom is 0.180 e. The van der Waals surface area contributed by atoms with Crippen LogP contribution in [-0.4, -0.2) is 37.2 Å². The summed E-state index contributed by atoms with van der Waals surface area (Å²) in [5, 5.41) is 4.19. The average Bonchev–Trinajstić information content (AvgIpc) is 3.16. The van der Waals surface area contributed by atoms with Gasteiger partial charge in [-0.05, 0) is 68.6 Å². The molecule has 5 heteroatoms. The van der Waals surface area contributed by atoms with E-state index in [1.807, 2.05) is 31.2 Å². The minimum atomic E-state index is 0.471. The van der Waals surface area contributed by atoms with Gasteiger partial charge in [0.2, 0.25) is 0 Å². The molecule has 2 aromatic rings. The molecule has 3 rings (SSSR count). The first-order valence-electron chi connectivity index (χ1n) is 10.7. The van der Waals surface area contributed by atoms with Crippen LogP contribution < -0.4 is 14.8 Å². The third-order valence-electron chi connectivity index (χ3n) is 5.62. The van der Waals surface area contributed by atoms with Crippen LogP contribution in [0.3, 0.4) is 0 Å². The molecule has 0 aliphatic carbocycles. The summed E-state index contributed by atoms with van der Waals surface area (Å²) in [6, 6.07) is 12.9. The van der Waals surface area contributed by atoms with Gasteiger partial charge in [0, 0.05) is 19.1 Å². The number of aryl methyl sites for hydroxylation is 1. The molecule has 0 amide bonds. The lowest BCUT2D eigenvalue weighted by atomic mass is 10.1. The second kappa shape index (κ2) is 10.9. The zero-order valence-electron chi connectivity index (χ0n) is 17.8. The Morgan fingerprint density at radius 3 is 2.76 bits per heavy atom. The van der Waals surface area contributed by atoms with Gasteiger partial charge in [-0.15, -0.1) is 0 Å². The van der Waals surface area contributed by atoms with Gasteiger partial charge >= 0.3 is 0 Å². The summed E-state index contributed by atoms with van der Waals surface area (Å²) in [6.45, 7) is 11.5. The van der Waals surface area contributed by atoms with Crippen LogP contribution >= 0.6 is 11.6 Å². The fraction of sp³-hybridized carbons (Fsp3) is 0.500. The molecule has 0 bridgehead atoms. The van der Waals surface area contributed by atoms with Crippen LogP contribution in [0, 0.1) is 6.92 Å². The molecule has 2 aromatic carbocycles. The van der Waals surface area contributed by atoms with Crippen molar-refractivity contribution in [3.63, 3.8) is 0 Å². The number of hydrogen-bond acceptors (Lipinski definition) is 4. The van der Waals surface area contributed by atoms with Gasteiger partial charge in [0.05, 0.1) is 11.6 Å². The second-order valence-electron chi connectivity index (χ2n) is 7.61. The Hall–Kier alpha value is -1.75. The van der Waals surface area contributed by atoms with Gasteiger partial charge in [0.15, 0.2) is 11.5 Å². The molecule has 1 N–H and O–H groups in total. The van der Waals surface area contributed by atoms with Gasteiger partial charge in [0.1, 0.15) is 6.61 Å². The van der Waals surface area contributed by atoms with Crippen molar-refractivity contribution in [1.29, 1.82) is 0 Å². The van der Waals surface area contributed by atoms with Crippen LogP contribution in [0.15, 0.2) is 36.4 Å². The molecule has 0 aromatic heterocycles. The lowest BCUT2D eigenvalue weighted by Gasteiger charge is -2.23. The molecule has 0 radical (unpaired) electrons. The monoisotopic (exact) mass is 416 g/mol. The Kier molecular flexibility index (Phi) is 8.22. The quantitative estimate of drug-likeness (QED) is 0.577. The predicted octanol–water partition coefficient (Wildman–Crippen LogP) is 5.20. The lowest BCUT2D eigenvalue weighted by molar-refractivity contribution is 0.259. The van der Waals surface area contributed by atoms with Gasteiger partial charge in [-0.3, -0.25) is 4.90 Å². The van der Waals surface area contributed by atoms with Crippen molar-refractivity contribution in [2.24, 2.45) is 0 Å². The van der Waals surface area contributed by atoms with Gasteiger partial charge in [-0.2, -0.15) is 0 Å². The number of ether oxygens (including phenoxy) is 2. The van der Waals surface area contributed by atoms with Crippen LogP contribution in [-0.2, 0) is 13.2 Å². The number of benzene rings is 2. The first-order valence-corrected chi connectivity index (χ1v) is 11.1. The molecule has 29 heavy (non-hydrogen) atoms. The average molecular weight is 417 g/mol. The summed E-state index contributed by atoms with van der Waals surface area (Å²) >= 11 is 6.59. The Morgan fingerprint density at radius 1 is 1.17 bits per heavy atom. The minimum Gasteiger partial charge on any atom is -0.490 e. The number of nitrogens with zero attached hydrogens (tertiary/aromatic N) is 1. The third kappa shape index (κ3) is 5.88. The fourth-order valence-electron chi connectivity index (χ4n) is 3.97. The summed E-state index contributed by atoms with van der Waals surface area (Å²) in [4.78, 5) is 2.55. The largest absolute Gasteiger partial charge is 0.490 e. The molecule has 1 fully saturated rings. The number of likely N-dealkylation sites (tertiary alicyclic amines) is 1. The number of halogens is 1. The molecule has 0 spiro atoms. The van der Waals surface area contributed by atoms with Crippen molar-refractivity contribution in [2.45, 2.75) is 52.8 Å². The Labute approximate surface area is 180 Å². The minimum absolute atomic E-state index is 0.471. The molecule has 0 saturated carbocycles. The SMILES string of the molecule is CCOc1cc(CNCC2CCCN2CC)cc(Cl)c1OCc1ccccc1C. The molecular weight excluding hydrogens is 384 g/mol. The van der Waals surface area contributed by atoms with E-state index in [-0.39, 0.29) is 0 Å². The molecular formula is C24H33ClN2O2. The molecule has 1 aliphatic heterocycles. The smallest absolute Gasteiger partial charge is 0.180 e. The zero-order chi connectivity index (χ0) is 20.6. The highest BCUT2D eigenvalue weighted by molar-refractivity contribution is 6.32. The van der Waals surface area contributed by atoms with Gasteiger partial charge < -0.3 is 14.8 Å². The van der Waals surface area contributed by atoms with E-state index in [1.54, 1.807) is 0 Å². The van der Waals surface area contributed by atoms with E-state index >= 15 is 0 Å². The van der Waals surface area contributed by atoms with Crippen molar-refractivity contribution in [3.05, 3.63) is 58.1 Å². The van der Waals surface area contributed by atoms with Crippen molar-refractivity contribution in [3.8, 4) is 11.5 Å². The first kappa shape index (κ1) is 21.9. The van der Waals surface area contributed by atoms with Crippen LogP contribution in [0.2, 0.25) is 5.02 Å². The van der Waals surface area contributed by atoms with E-state index in [9.17, 15) is 0 Å². The van der Waals surface area contributed by atoms with Gasteiger partial charge in [0.25, 0.3) is 0 Å². The molecule has 4 nitrogen and oxygen atoms in total. The highest BCUT2D eigenvalue weighted by Crippen LogP contribution is 2.37. The van der Waals surface area contributed by atoms with Crippen molar-refractivity contribution >= 4 is 11.6 Å². The normalized spacial score (nSPS) is 16.9. The number of rotatable bonds is 10. The highest BCUT2D eigenvalue weighted by atomic mass is 35.5. The summed E-state index contributed by atoms with van der Waals surface area (Å²) in [6.07, 6.45) is 2.57. The van der Waals surface area contributed by atoms with Crippen LogP contribution in [0.1, 0.15) is 43.4 Å². The molecule has 1 atom stereocenters. The fourth-order valence-corrected chi connectivity index (χ4v) is 4.26. The maximum absolute atomic E-state index is 6.59. The van der Waals surface area contributed by atoms with Crippen LogP contribution in [0.25, 0.3) is 0 Å². The molecule has 1 aliphatic rings. The molecule has 1 heterocycles. The van der Waals surface area contributed by atoms with Crippen LogP contribution in [0.5, 0.6) is 11.5 Å². The van der Waals surface area contributed by atoms with E-state index in [0.717, 1.165) is 30.8 Å². The van der Waals surface area contributed by atoms with E-state index < -0.39 is 0 Å². The molecule has 1 unspecified atom stereocenters. The van der Waals surface area contributed by atoms with E-state index in [4.69, 9.17) is 21.1 Å². The lowest BCUT2D eigenvalue weighted by Crippen LogP contribution is -2.37. The number of nitrogens with one attached hydrogen (secondary N) is 1. The summed E-state index contributed by atoms with van der Waals surface area (Å²) < 4.78 is 11.9. The van der Waals surface area contributed by atoms with Crippen molar-refractivity contribution in [2.75, 3.05) is 26.2 Å². The topological polar surface area (TPSA) is 33.7 Å². The molecule has 158 valence electrons. The molecule has 1 saturated heterocycles. The predicted molar refractivity (Wildman–Crippen MR) is 120 cm³/mol. The second-order valence-corrected chi connectivity index (χ2v) is 8.02. The van der Waals surface area contributed by atoms with Crippen molar-refractivity contribution < 1.29 is 9.47 Å².